The highest BCUT2D eigenvalue weighted by Crippen LogP contribution is 2.21. The lowest BCUT2D eigenvalue weighted by Gasteiger charge is -2.34. The van der Waals surface area contributed by atoms with Gasteiger partial charge in [0.05, 0.1) is 13.2 Å². The summed E-state index contributed by atoms with van der Waals surface area (Å²) in [5.41, 5.74) is 1.78. The van der Waals surface area contributed by atoms with Crippen LogP contribution in [0.5, 0.6) is 5.75 Å². The molecule has 4 rings (SSSR count). The van der Waals surface area contributed by atoms with Gasteiger partial charge >= 0.3 is 0 Å². The topological polar surface area (TPSA) is 61.8 Å². The molecule has 0 spiro atoms. The lowest BCUT2D eigenvalue weighted by Crippen LogP contribution is -2.48. The van der Waals surface area contributed by atoms with Crippen LogP contribution in [0.25, 0.3) is 0 Å². The van der Waals surface area contributed by atoms with Gasteiger partial charge in [-0.2, -0.15) is 0 Å². The van der Waals surface area contributed by atoms with Crippen LogP contribution in [0.15, 0.2) is 36.7 Å². The molecule has 0 radical (unpaired) electrons. The molecule has 0 bridgehead atoms. The van der Waals surface area contributed by atoms with Gasteiger partial charge in [0, 0.05) is 56.7 Å². The molecule has 7 nitrogen and oxygen atoms in total. The highest BCUT2D eigenvalue weighted by atomic mass is 16.5. The van der Waals surface area contributed by atoms with Crippen molar-refractivity contribution in [1.29, 1.82) is 0 Å². The third-order valence-corrected chi connectivity index (χ3v) is 6.61. The van der Waals surface area contributed by atoms with Crippen molar-refractivity contribution in [1.82, 2.24) is 19.8 Å². The third-order valence-electron chi connectivity index (χ3n) is 6.61. The first-order valence-electron chi connectivity index (χ1n) is 11.8. The Morgan fingerprint density at radius 2 is 1.91 bits per heavy atom. The van der Waals surface area contributed by atoms with Crippen LogP contribution in [-0.2, 0) is 0 Å². The molecule has 7 heteroatoms. The Hall–Kier alpha value is -2.51. The van der Waals surface area contributed by atoms with Gasteiger partial charge in [0.1, 0.15) is 5.75 Å². The van der Waals surface area contributed by atoms with Crippen molar-refractivity contribution in [2.24, 2.45) is 0 Å². The van der Waals surface area contributed by atoms with Gasteiger partial charge in [-0.1, -0.05) is 0 Å². The van der Waals surface area contributed by atoms with Crippen LogP contribution in [-0.4, -0.2) is 84.0 Å². The van der Waals surface area contributed by atoms with Crippen molar-refractivity contribution in [3.8, 4) is 5.75 Å². The summed E-state index contributed by atoms with van der Waals surface area (Å²) in [6.45, 7) is 11.1. The Morgan fingerprint density at radius 3 is 2.59 bits per heavy atom. The van der Waals surface area contributed by atoms with Crippen molar-refractivity contribution in [3.05, 3.63) is 47.8 Å². The van der Waals surface area contributed by atoms with E-state index in [0.717, 1.165) is 62.0 Å². The number of aromatic nitrogens is 2. The van der Waals surface area contributed by atoms with Crippen molar-refractivity contribution < 1.29 is 9.53 Å². The summed E-state index contributed by atoms with van der Waals surface area (Å²) >= 11 is 0. The molecule has 1 aromatic carbocycles. The summed E-state index contributed by atoms with van der Waals surface area (Å²) in [4.78, 5) is 28.4. The molecule has 1 aromatic heterocycles. The van der Waals surface area contributed by atoms with E-state index in [1.165, 1.54) is 19.4 Å². The van der Waals surface area contributed by atoms with Gasteiger partial charge in [-0.25, -0.2) is 9.97 Å². The van der Waals surface area contributed by atoms with Crippen molar-refractivity contribution in [2.45, 2.75) is 39.2 Å². The van der Waals surface area contributed by atoms with E-state index in [4.69, 9.17) is 4.74 Å². The number of likely N-dealkylation sites (tertiary alicyclic amines) is 1. The van der Waals surface area contributed by atoms with Crippen molar-refractivity contribution >= 4 is 11.7 Å². The average Bonchev–Trinajstić information content (AvgIpc) is 3.23. The fourth-order valence-corrected chi connectivity index (χ4v) is 4.61. The van der Waals surface area contributed by atoms with Crippen LogP contribution in [0.3, 0.4) is 0 Å². The Labute approximate surface area is 191 Å². The molecule has 1 unspecified atom stereocenters. The van der Waals surface area contributed by atoms with Crippen LogP contribution in [0.2, 0.25) is 0 Å². The van der Waals surface area contributed by atoms with Gasteiger partial charge in [0.15, 0.2) is 5.78 Å². The predicted octanol–water partition coefficient (Wildman–Crippen LogP) is 3.04. The number of nitrogens with zero attached hydrogens (tertiary/aromatic N) is 5. The molecule has 172 valence electrons. The zero-order chi connectivity index (χ0) is 22.3. The predicted molar refractivity (Wildman–Crippen MR) is 127 cm³/mol. The van der Waals surface area contributed by atoms with Gasteiger partial charge in [0.25, 0.3) is 0 Å². The Bertz CT molecular complexity index is 883. The number of benzene rings is 1. The molecule has 0 aliphatic carbocycles. The number of Topliss-reactive ketones (excluding diaryl/α,β-unsaturated/α-hetero) is 1. The van der Waals surface area contributed by atoms with Gasteiger partial charge in [-0.3, -0.25) is 9.69 Å². The zero-order valence-electron chi connectivity index (χ0n) is 19.4. The summed E-state index contributed by atoms with van der Waals surface area (Å²) in [6, 6.07) is 8.35. The fraction of sp³-hybridized carbons (Fsp3) is 0.560. The summed E-state index contributed by atoms with van der Waals surface area (Å²) in [7, 11) is 0. The molecule has 0 amide bonds. The SMILES string of the molecule is Cc1cc(C(=O)CN2CCN(c3ncccn3)CC2)ccc1OCCCN1CCCC1C. The molecule has 2 saturated heterocycles. The van der Waals surface area contributed by atoms with Gasteiger partial charge in [-0.15, -0.1) is 0 Å². The molecule has 2 aliphatic rings. The minimum Gasteiger partial charge on any atom is -0.493 e. The maximum Gasteiger partial charge on any atom is 0.225 e. The summed E-state index contributed by atoms with van der Waals surface area (Å²) in [6.07, 6.45) is 7.19. The standard InChI is InChI=1S/C25H35N5O2/c1-20-18-22(7-8-24(20)32-17-5-12-29-11-3-6-21(29)2)23(31)19-28-13-15-30(16-14-28)25-26-9-4-10-27-25/h4,7-10,18,21H,3,5-6,11-17,19H2,1-2H3. The summed E-state index contributed by atoms with van der Waals surface area (Å²) in [5, 5.41) is 0. The molecular formula is C25H35N5O2. The minimum atomic E-state index is 0.159. The molecule has 3 heterocycles. The highest BCUT2D eigenvalue weighted by molar-refractivity contribution is 5.98. The molecule has 1 atom stereocenters. The number of rotatable bonds is 9. The minimum absolute atomic E-state index is 0.159. The lowest BCUT2D eigenvalue weighted by molar-refractivity contribution is 0.0926. The number of hydrogen-bond acceptors (Lipinski definition) is 7. The first-order chi connectivity index (χ1) is 15.6. The lowest BCUT2D eigenvalue weighted by atomic mass is 10.1. The van der Waals surface area contributed by atoms with E-state index in [1.807, 2.05) is 31.2 Å². The van der Waals surface area contributed by atoms with E-state index in [2.05, 4.69) is 31.6 Å². The normalized spacial score (nSPS) is 19.9. The fourth-order valence-electron chi connectivity index (χ4n) is 4.61. The molecule has 0 N–H and O–H groups in total. The first kappa shape index (κ1) is 22.7. The number of ketones is 1. The highest BCUT2D eigenvalue weighted by Gasteiger charge is 2.22. The molecule has 2 aromatic rings. The number of carbonyl (C=O) groups is 1. The van der Waals surface area contributed by atoms with E-state index in [-0.39, 0.29) is 5.78 Å². The average molecular weight is 438 g/mol. The second-order valence-electron chi connectivity index (χ2n) is 8.94. The van der Waals surface area contributed by atoms with Gasteiger partial charge in [0.2, 0.25) is 5.95 Å². The van der Waals surface area contributed by atoms with E-state index < -0.39 is 0 Å². The van der Waals surface area contributed by atoms with Crippen LogP contribution >= 0.6 is 0 Å². The molecule has 2 aliphatic heterocycles. The molecule has 32 heavy (non-hydrogen) atoms. The van der Waals surface area contributed by atoms with E-state index in [0.29, 0.717) is 19.2 Å². The summed E-state index contributed by atoms with van der Waals surface area (Å²) in [5.74, 6) is 1.80. The largest absolute Gasteiger partial charge is 0.493 e. The van der Waals surface area contributed by atoms with E-state index in [9.17, 15) is 4.79 Å². The number of ether oxygens (including phenoxy) is 1. The van der Waals surface area contributed by atoms with Crippen LogP contribution in [0.1, 0.15) is 42.1 Å². The van der Waals surface area contributed by atoms with Crippen LogP contribution in [0.4, 0.5) is 5.95 Å². The summed E-state index contributed by atoms with van der Waals surface area (Å²) < 4.78 is 6.00. The number of aryl methyl sites for hydroxylation is 1. The van der Waals surface area contributed by atoms with Crippen LogP contribution < -0.4 is 9.64 Å². The van der Waals surface area contributed by atoms with Crippen molar-refractivity contribution in [2.75, 3.05) is 57.3 Å². The Kier molecular flexibility index (Phi) is 7.71. The quantitative estimate of drug-likeness (QED) is 0.441. The number of piperazine rings is 1. The number of carbonyl (C=O) groups excluding carboxylic acids is 1. The van der Waals surface area contributed by atoms with Gasteiger partial charge < -0.3 is 14.5 Å². The first-order valence-corrected chi connectivity index (χ1v) is 11.8. The maximum atomic E-state index is 12.8. The van der Waals surface area contributed by atoms with Crippen LogP contribution in [0, 0.1) is 6.92 Å². The Balaban J connectivity index is 1.21. The van der Waals surface area contributed by atoms with E-state index >= 15 is 0 Å². The molecule has 2 fully saturated rings. The zero-order valence-corrected chi connectivity index (χ0v) is 19.4. The Morgan fingerprint density at radius 1 is 1.12 bits per heavy atom. The smallest absolute Gasteiger partial charge is 0.225 e. The third kappa shape index (κ3) is 5.84. The van der Waals surface area contributed by atoms with Crippen molar-refractivity contribution in [3.63, 3.8) is 0 Å². The number of hydrogen-bond donors (Lipinski definition) is 0. The van der Waals surface area contributed by atoms with Gasteiger partial charge in [-0.05, 0) is 69.5 Å². The maximum absolute atomic E-state index is 12.8. The second-order valence-corrected chi connectivity index (χ2v) is 8.94. The second kappa shape index (κ2) is 10.9. The van der Waals surface area contributed by atoms with E-state index in [1.54, 1.807) is 12.4 Å². The molecular weight excluding hydrogens is 402 g/mol. The molecule has 0 saturated carbocycles. The monoisotopic (exact) mass is 437 g/mol. The number of anilines is 1.